The van der Waals surface area contributed by atoms with Gasteiger partial charge in [0.05, 0.1) is 5.92 Å². The number of carbonyl (C=O) groups is 12. The fraction of sp³-hybridized carbons (Fsp3) is 0.333. The lowest BCUT2D eigenvalue weighted by Crippen LogP contribution is -2.40. The molecule has 0 spiro atoms. The SMILES string of the molecule is CC(=O)Oc1cc(OC(C)=O)c2c(c1)O[C@H](c1cc(OC(C)=O)c(OC(C)=O)c(OC(C)=O)c1)[C@@H](OC(C)=O)[C@@H]2c1c(OC(C)=O)cc(OC(C)=O)c2c1O[C@H](c1cc(OC(C)=O)c(OC(C)=O)c(OC(C)=O)c1)[C@H](OC(C)=O)C2. The number of ether oxygens (including phenoxy) is 14. The van der Waals surface area contributed by atoms with Gasteiger partial charge in [-0.15, -0.1) is 0 Å². The molecule has 422 valence electrons. The molecule has 0 bridgehead atoms. The maximum absolute atomic E-state index is 13.7. The molecule has 0 saturated heterocycles. The molecule has 0 radical (unpaired) electrons. The minimum atomic E-state index is -1.90. The molecule has 5 atom stereocenters. The highest BCUT2D eigenvalue weighted by atomic mass is 16.6. The molecule has 2 aliphatic heterocycles. The molecule has 2 heterocycles. The Morgan fingerprint density at radius 3 is 1.14 bits per heavy atom. The van der Waals surface area contributed by atoms with Crippen molar-refractivity contribution in [2.45, 2.75) is 120 Å². The second kappa shape index (κ2) is 24.6. The van der Waals surface area contributed by atoms with E-state index in [4.69, 9.17) is 66.3 Å². The van der Waals surface area contributed by atoms with Gasteiger partial charge in [-0.1, -0.05) is 0 Å². The van der Waals surface area contributed by atoms with Crippen LogP contribution < -0.4 is 56.8 Å². The summed E-state index contributed by atoms with van der Waals surface area (Å²) in [6, 6.07) is 7.78. The number of carbonyl (C=O) groups excluding carboxylic acids is 12. The molecule has 4 aromatic carbocycles. The van der Waals surface area contributed by atoms with E-state index < -0.39 is 160 Å². The van der Waals surface area contributed by atoms with Crippen LogP contribution in [-0.2, 0) is 73.4 Å². The lowest BCUT2D eigenvalue weighted by molar-refractivity contribution is -0.154. The van der Waals surface area contributed by atoms with Gasteiger partial charge in [0.2, 0.25) is 11.5 Å². The van der Waals surface area contributed by atoms with Crippen LogP contribution in [-0.4, -0.2) is 83.8 Å². The monoisotopic (exact) mass is 1110 g/mol. The van der Waals surface area contributed by atoms with Gasteiger partial charge in [-0.3, -0.25) is 57.5 Å². The van der Waals surface area contributed by atoms with Crippen LogP contribution in [0.5, 0.6) is 69.0 Å². The number of hydrogen-bond acceptors (Lipinski definition) is 26. The second-order valence-electron chi connectivity index (χ2n) is 17.5. The lowest BCUT2D eigenvalue weighted by atomic mass is 9.77. The summed E-state index contributed by atoms with van der Waals surface area (Å²) in [6.45, 7) is 12.1. The fourth-order valence-electron chi connectivity index (χ4n) is 8.70. The highest BCUT2D eigenvalue weighted by molar-refractivity contribution is 5.82. The summed E-state index contributed by atoms with van der Waals surface area (Å²) in [4.78, 5) is 154. The Bertz CT molecular complexity index is 3220. The van der Waals surface area contributed by atoms with E-state index in [1.807, 2.05) is 0 Å². The Hall–Kier alpha value is -9.88. The summed E-state index contributed by atoms with van der Waals surface area (Å²) in [7, 11) is 0. The molecular formula is C54H50O26. The van der Waals surface area contributed by atoms with Crippen molar-refractivity contribution in [3.8, 4) is 69.0 Å². The van der Waals surface area contributed by atoms with E-state index in [-0.39, 0.29) is 45.1 Å². The zero-order valence-corrected chi connectivity index (χ0v) is 44.7. The van der Waals surface area contributed by atoms with Crippen LogP contribution in [0.15, 0.2) is 42.5 Å². The summed E-state index contributed by atoms with van der Waals surface area (Å²) >= 11 is 0. The van der Waals surface area contributed by atoms with Gasteiger partial charge in [0.15, 0.2) is 41.3 Å². The molecule has 4 aromatic rings. The average Bonchev–Trinajstić information content (AvgIpc) is 3.51. The number of rotatable bonds is 15. The van der Waals surface area contributed by atoms with Crippen LogP contribution >= 0.6 is 0 Å². The van der Waals surface area contributed by atoms with Gasteiger partial charge in [0.25, 0.3) is 0 Å². The van der Waals surface area contributed by atoms with Crippen molar-refractivity contribution in [1.82, 2.24) is 0 Å². The van der Waals surface area contributed by atoms with Crippen molar-refractivity contribution in [2.75, 3.05) is 0 Å². The van der Waals surface area contributed by atoms with Gasteiger partial charge < -0.3 is 66.3 Å². The minimum Gasteiger partial charge on any atom is -0.481 e. The first kappa shape index (κ1) is 59.4. The highest BCUT2D eigenvalue weighted by Crippen LogP contribution is 2.60. The number of hydrogen-bond donors (Lipinski definition) is 0. The molecule has 0 unspecified atom stereocenters. The lowest BCUT2D eigenvalue weighted by Gasteiger charge is -2.42. The number of esters is 12. The van der Waals surface area contributed by atoms with Crippen molar-refractivity contribution in [2.24, 2.45) is 0 Å². The van der Waals surface area contributed by atoms with Crippen LogP contribution in [0.3, 0.4) is 0 Å². The molecule has 0 N–H and O–H groups in total. The van der Waals surface area contributed by atoms with Crippen molar-refractivity contribution in [3.63, 3.8) is 0 Å². The average molecular weight is 1110 g/mol. The third kappa shape index (κ3) is 14.4. The van der Waals surface area contributed by atoms with Gasteiger partial charge in [-0.25, -0.2) is 0 Å². The van der Waals surface area contributed by atoms with Crippen LogP contribution in [0.2, 0.25) is 0 Å². The van der Waals surface area contributed by atoms with Gasteiger partial charge >= 0.3 is 71.6 Å². The molecule has 80 heavy (non-hydrogen) atoms. The maximum Gasteiger partial charge on any atom is 0.308 e. The predicted molar refractivity (Wildman–Crippen MR) is 262 cm³/mol. The van der Waals surface area contributed by atoms with Crippen LogP contribution in [0.1, 0.15) is 129 Å². The Morgan fingerprint density at radius 1 is 0.362 bits per heavy atom. The zero-order chi connectivity index (χ0) is 59.2. The summed E-state index contributed by atoms with van der Waals surface area (Å²) < 4.78 is 80.9. The molecule has 0 amide bonds. The van der Waals surface area contributed by atoms with Gasteiger partial charge in [0.1, 0.15) is 40.6 Å². The van der Waals surface area contributed by atoms with E-state index in [1.54, 1.807) is 0 Å². The largest absolute Gasteiger partial charge is 0.481 e. The second-order valence-corrected chi connectivity index (χ2v) is 17.5. The van der Waals surface area contributed by atoms with Crippen molar-refractivity contribution in [3.05, 3.63) is 70.3 Å². The number of fused-ring (bicyclic) bond motifs is 2. The molecule has 2 aliphatic rings. The van der Waals surface area contributed by atoms with Crippen molar-refractivity contribution in [1.29, 1.82) is 0 Å². The standard InChI is InChI=1S/C54H50O26/c1-21(55)67-35-17-38(69-23(3)57)46-39(18-35)79-50(34-15-43(73-27(7)61)53(77-31(11)65)44(16-34)74-28(8)62)54(78-32(12)66)48(46)47-40(70-24(4)58)20-37(68-22(2)56)36-19-45(75-29(9)63)49(80-51(36)47)33-13-41(71-25(5)59)52(76-30(10)64)42(14-33)72-26(6)60/h13-18,20,45,48-50,54H,19H2,1-12H3/t45-,48+,49-,50-,54+/m1/s1. The smallest absolute Gasteiger partial charge is 0.308 e. The third-order valence-corrected chi connectivity index (χ3v) is 10.8. The Kier molecular flexibility index (Phi) is 18.3. The normalized spacial score (nSPS) is 16.6. The predicted octanol–water partition coefficient (Wildman–Crippen LogP) is 5.74. The Labute approximate surface area is 453 Å². The summed E-state index contributed by atoms with van der Waals surface area (Å²) in [6.07, 6.45) is -7.36. The molecule has 26 heteroatoms. The van der Waals surface area contributed by atoms with Crippen molar-refractivity contribution < 1.29 is 124 Å². The minimum absolute atomic E-state index is 0.123. The highest BCUT2D eigenvalue weighted by Gasteiger charge is 2.51. The fourth-order valence-corrected chi connectivity index (χ4v) is 8.70. The van der Waals surface area contributed by atoms with Gasteiger partial charge in [-0.2, -0.15) is 0 Å². The molecule has 0 aliphatic carbocycles. The first-order chi connectivity index (χ1) is 37.5. The summed E-state index contributed by atoms with van der Waals surface area (Å²) in [5.41, 5.74) is -1.03. The van der Waals surface area contributed by atoms with Gasteiger partial charge in [-0.05, 0) is 24.3 Å². The quantitative estimate of drug-likeness (QED) is 0.101. The summed E-state index contributed by atoms with van der Waals surface area (Å²) in [5, 5.41) is 0. The van der Waals surface area contributed by atoms with E-state index in [1.165, 1.54) is 0 Å². The number of benzene rings is 4. The van der Waals surface area contributed by atoms with Crippen LogP contribution in [0.4, 0.5) is 0 Å². The first-order valence-electron chi connectivity index (χ1n) is 23.7. The van der Waals surface area contributed by atoms with Crippen LogP contribution in [0, 0.1) is 0 Å². The molecular weight excluding hydrogens is 1060 g/mol. The third-order valence-electron chi connectivity index (χ3n) is 10.8. The Morgan fingerprint density at radius 2 is 0.738 bits per heavy atom. The van der Waals surface area contributed by atoms with E-state index in [2.05, 4.69) is 0 Å². The van der Waals surface area contributed by atoms with Crippen LogP contribution in [0.25, 0.3) is 0 Å². The van der Waals surface area contributed by atoms with Crippen molar-refractivity contribution >= 4 is 71.6 Å². The van der Waals surface area contributed by atoms with E-state index in [0.717, 1.165) is 126 Å². The van der Waals surface area contributed by atoms with E-state index in [0.29, 0.717) is 0 Å². The molecule has 0 aromatic heterocycles. The molecule has 0 saturated carbocycles. The van der Waals surface area contributed by atoms with E-state index in [9.17, 15) is 57.5 Å². The first-order valence-corrected chi connectivity index (χ1v) is 23.7. The molecule has 26 nitrogen and oxygen atoms in total. The van der Waals surface area contributed by atoms with E-state index >= 15 is 0 Å². The topological polar surface area (TPSA) is 334 Å². The van der Waals surface area contributed by atoms with Gasteiger partial charge in [0, 0.05) is 136 Å². The maximum atomic E-state index is 13.7. The summed E-state index contributed by atoms with van der Waals surface area (Å²) in [5.74, 6) is -19.0. The molecule has 0 fully saturated rings. The zero-order valence-electron chi connectivity index (χ0n) is 44.7. The molecule has 6 rings (SSSR count). The Balaban J connectivity index is 1.85.